The summed E-state index contributed by atoms with van der Waals surface area (Å²) < 4.78 is 7.75. The number of nitrogens with zero attached hydrogens (tertiary/aromatic N) is 2. The summed E-state index contributed by atoms with van der Waals surface area (Å²) in [5, 5.41) is 16.6. The lowest BCUT2D eigenvalue weighted by molar-refractivity contribution is -0.0407. The molecule has 1 aromatic heterocycles. The van der Waals surface area contributed by atoms with Gasteiger partial charge in [-0.25, -0.2) is 4.68 Å². The second-order valence-corrected chi connectivity index (χ2v) is 4.85. The third-order valence-electron chi connectivity index (χ3n) is 3.54. The summed E-state index contributed by atoms with van der Waals surface area (Å²) in [6, 6.07) is 0.203. The van der Waals surface area contributed by atoms with Gasteiger partial charge in [-0.3, -0.25) is 0 Å². The van der Waals surface area contributed by atoms with Crippen LogP contribution >= 0.6 is 0 Å². The fourth-order valence-electron chi connectivity index (χ4n) is 2.46. The predicted octanol–water partition coefficient (Wildman–Crippen LogP) is 1.53. The highest BCUT2D eigenvalue weighted by molar-refractivity contribution is 5.20. The molecular formula is C13H23N3O2. The zero-order valence-electron chi connectivity index (χ0n) is 11.2. The van der Waals surface area contributed by atoms with Crippen molar-refractivity contribution in [1.29, 1.82) is 0 Å². The van der Waals surface area contributed by atoms with E-state index in [2.05, 4.69) is 24.3 Å². The molecule has 0 radical (unpaired) electrons. The van der Waals surface area contributed by atoms with Crippen LogP contribution in [0.3, 0.4) is 0 Å². The molecule has 1 aromatic rings. The lowest BCUT2D eigenvalue weighted by Gasteiger charge is -2.24. The summed E-state index contributed by atoms with van der Waals surface area (Å²) in [6.07, 6.45) is 5.40. The van der Waals surface area contributed by atoms with Crippen LogP contribution in [-0.2, 0) is 4.74 Å². The van der Waals surface area contributed by atoms with E-state index in [4.69, 9.17) is 9.84 Å². The molecule has 0 bridgehead atoms. The first kappa shape index (κ1) is 13.5. The Balaban J connectivity index is 2.07. The van der Waals surface area contributed by atoms with Crippen molar-refractivity contribution >= 4 is 0 Å². The maximum absolute atomic E-state index is 8.84. The van der Waals surface area contributed by atoms with Crippen molar-refractivity contribution in [2.24, 2.45) is 0 Å². The molecule has 102 valence electrons. The topological polar surface area (TPSA) is 59.3 Å². The Labute approximate surface area is 108 Å². The molecule has 2 unspecified atom stereocenters. The molecule has 18 heavy (non-hydrogen) atoms. The maximum Gasteiger partial charge on any atom is 0.150 e. The molecule has 0 amide bonds. The van der Waals surface area contributed by atoms with E-state index in [0.717, 1.165) is 25.1 Å². The first-order chi connectivity index (χ1) is 8.74. The molecule has 0 aliphatic carbocycles. The van der Waals surface area contributed by atoms with Gasteiger partial charge in [0.25, 0.3) is 0 Å². The van der Waals surface area contributed by atoms with Crippen molar-refractivity contribution in [2.45, 2.75) is 45.4 Å². The van der Waals surface area contributed by atoms with Crippen molar-refractivity contribution < 1.29 is 9.84 Å². The van der Waals surface area contributed by atoms with E-state index >= 15 is 0 Å². The number of aliphatic hydroxyl groups excluding tert-OH is 1. The van der Waals surface area contributed by atoms with Gasteiger partial charge in [-0.2, -0.15) is 5.10 Å². The van der Waals surface area contributed by atoms with Crippen LogP contribution in [0.25, 0.3) is 0 Å². The number of hydrogen-bond donors (Lipinski definition) is 2. The van der Waals surface area contributed by atoms with Crippen LogP contribution < -0.4 is 5.32 Å². The van der Waals surface area contributed by atoms with E-state index in [1.54, 1.807) is 0 Å². The summed E-state index contributed by atoms with van der Waals surface area (Å²) in [7, 11) is 0. The van der Waals surface area contributed by atoms with Gasteiger partial charge in [0.2, 0.25) is 0 Å². The van der Waals surface area contributed by atoms with E-state index in [0.29, 0.717) is 6.54 Å². The lowest BCUT2D eigenvalue weighted by atomic mass is 10.1. The molecule has 2 N–H and O–H groups in total. The highest BCUT2D eigenvalue weighted by atomic mass is 16.5. The second-order valence-electron chi connectivity index (χ2n) is 4.85. The third-order valence-corrected chi connectivity index (χ3v) is 3.54. The zero-order chi connectivity index (χ0) is 13.0. The minimum absolute atomic E-state index is 0.0949. The number of ether oxygens (including phenoxy) is 1. The number of aliphatic hydroxyl groups is 1. The molecule has 2 heterocycles. The standard InChI is InChI=1S/C13H23N3O2/c1-10(14-6-7-17)12-9-15-16(11(12)2)13-5-3-4-8-18-13/h9-10,13-14,17H,3-8H2,1-2H3. The van der Waals surface area contributed by atoms with Crippen LogP contribution in [0.1, 0.15) is 49.7 Å². The molecule has 2 atom stereocenters. The molecule has 5 heteroatoms. The number of rotatable bonds is 5. The zero-order valence-corrected chi connectivity index (χ0v) is 11.2. The van der Waals surface area contributed by atoms with Crippen molar-refractivity contribution in [3.63, 3.8) is 0 Å². The monoisotopic (exact) mass is 253 g/mol. The van der Waals surface area contributed by atoms with Gasteiger partial charge in [0.1, 0.15) is 6.23 Å². The Morgan fingerprint density at radius 2 is 2.44 bits per heavy atom. The normalized spacial score (nSPS) is 22.1. The summed E-state index contributed by atoms with van der Waals surface area (Å²) in [5.41, 5.74) is 2.33. The van der Waals surface area contributed by atoms with Crippen molar-refractivity contribution in [2.75, 3.05) is 19.8 Å². The van der Waals surface area contributed by atoms with Crippen LogP contribution in [0.15, 0.2) is 6.20 Å². The molecule has 1 aliphatic rings. The third kappa shape index (κ3) is 2.91. The average molecular weight is 253 g/mol. The molecule has 1 aliphatic heterocycles. The van der Waals surface area contributed by atoms with Crippen LogP contribution in [0.4, 0.5) is 0 Å². The average Bonchev–Trinajstić information content (AvgIpc) is 2.79. The Morgan fingerprint density at radius 1 is 1.61 bits per heavy atom. The molecule has 2 rings (SSSR count). The minimum Gasteiger partial charge on any atom is -0.395 e. The van der Waals surface area contributed by atoms with Gasteiger partial charge < -0.3 is 15.2 Å². The fraction of sp³-hybridized carbons (Fsp3) is 0.769. The van der Waals surface area contributed by atoms with Crippen molar-refractivity contribution in [1.82, 2.24) is 15.1 Å². The molecule has 1 saturated heterocycles. The first-order valence-electron chi connectivity index (χ1n) is 6.74. The number of nitrogens with one attached hydrogen (secondary N) is 1. The van der Waals surface area contributed by atoms with Gasteiger partial charge in [0.05, 0.1) is 12.8 Å². The summed E-state index contributed by atoms with van der Waals surface area (Å²) in [4.78, 5) is 0. The van der Waals surface area contributed by atoms with E-state index in [-0.39, 0.29) is 18.9 Å². The summed E-state index contributed by atoms with van der Waals surface area (Å²) in [5.74, 6) is 0. The SMILES string of the molecule is Cc1c(C(C)NCCO)cnn1C1CCCCO1. The summed E-state index contributed by atoms with van der Waals surface area (Å²) >= 11 is 0. The van der Waals surface area contributed by atoms with Crippen LogP contribution in [0.2, 0.25) is 0 Å². The Bertz CT molecular complexity index is 372. The Hall–Kier alpha value is -0.910. The van der Waals surface area contributed by atoms with Gasteiger partial charge in [-0.05, 0) is 33.1 Å². The number of hydrogen-bond acceptors (Lipinski definition) is 4. The minimum atomic E-state index is 0.0949. The highest BCUT2D eigenvalue weighted by Crippen LogP contribution is 2.26. The van der Waals surface area contributed by atoms with Crippen molar-refractivity contribution in [3.8, 4) is 0 Å². The summed E-state index contributed by atoms with van der Waals surface area (Å²) in [6.45, 7) is 5.76. The molecule has 1 fully saturated rings. The van der Waals surface area contributed by atoms with Gasteiger partial charge in [0, 0.05) is 30.5 Å². The molecule has 0 aromatic carbocycles. The van der Waals surface area contributed by atoms with Crippen LogP contribution in [0.5, 0.6) is 0 Å². The Kier molecular flexibility index (Phi) is 4.74. The van der Waals surface area contributed by atoms with Gasteiger partial charge in [0.15, 0.2) is 0 Å². The van der Waals surface area contributed by atoms with E-state index in [9.17, 15) is 0 Å². The van der Waals surface area contributed by atoms with E-state index < -0.39 is 0 Å². The van der Waals surface area contributed by atoms with Gasteiger partial charge >= 0.3 is 0 Å². The fourth-order valence-corrected chi connectivity index (χ4v) is 2.46. The van der Waals surface area contributed by atoms with Gasteiger partial charge in [-0.15, -0.1) is 0 Å². The molecule has 5 nitrogen and oxygen atoms in total. The molecule has 0 saturated carbocycles. The van der Waals surface area contributed by atoms with Gasteiger partial charge in [-0.1, -0.05) is 0 Å². The van der Waals surface area contributed by atoms with Crippen molar-refractivity contribution in [3.05, 3.63) is 17.5 Å². The van der Waals surface area contributed by atoms with Crippen LogP contribution in [-0.4, -0.2) is 34.6 Å². The largest absolute Gasteiger partial charge is 0.395 e. The second kappa shape index (κ2) is 6.31. The highest BCUT2D eigenvalue weighted by Gasteiger charge is 2.21. The first-order valence-corrected chi connectivity index (χ1v) is 6.74. The van der Waals surface area contributed by atoms with E-state index in [1.807, 2.05) is 10.9 Å². The maximum atomic E-state index is 8.84. The number of aromatic nitrogens is 2. The molecular weight excluding hydrogens is 230 g/mol. The quantitative estimate of drug-likeness (QED) is 0.835. The molecule has 0 spiro atoms. The Morgan fingerprint density at radius 3 is 3.11 bits per heavy atom. The van der Waals surface area contributed by atoms with Crippen LogP contribution in [0, 0.1) is 6.92 Å². The smallest absolute Gasteiger partial charge is 0.150 e. The lowest BCUT2D eigenvalue weighted by Crippen LogP contribution is -2.23. The van der Waals surface area contributed by atoms with E-state index in [1.165, 1.54) is 12.0 Å². The predicted molar refractivity (Wildman–Crippen MR) is 69.3 cm³/mol.